The minimum absolute atomic E-state index is 0. The number of benzene rings is 3. The van der Waals surface area contributed by atoms with E-state index in [0.29, 0.717) is 23.7 Å². The maximum Gasteiger partial charge on any atom is -0.0232 e. The molecule has 0 heterocycles. The van der Waals surface area contributed by atoms with E-state index in [2.05, 4.69) is 178 Å². The van der Waals surface area contributed by atoms with Gasteiger partial charge in [0.2, 0.25) is 0 Å². The molecule has 0 bridgehead atoms. The fraction of sp³-hybridized carbons (Fsp3) is 0.500. The van der Waals surface area contributed by atoms with Crippen LogP contribution in [0, 0.1) is 13.8 Å². The number of aryl methyl sites for hydroxylation is 2. The van der Waals surface area contributed by atoms with Gasteiger partial charge in [-0.2, -0.15) is 12.1 Å². The summed E-state index contributed by atoms with van der Waals surface area (Å²) >= 11 is 1.74. The summed E-state index contributed by atoms with van der Waals surface area (Å²) in [6.07, 6.45) is 0. The van der Waals surface area contributed by atoms with Gasteiger partial charge in [-0.25, -0.2) is 0 Å². The third kappa shape index (κ3) is 13.4. The van der Waals surface area contributed by atoms with Crippen LogP contribution >= 0.6 is 0 Å². The molecular weight excluding hydrogens is 747 g/mol. The number of fused-ring (bicyclic) bond motifs is 2. The Bertz CT molecular complexity index is 1790. The molecule has 0 aliphatic rings. The van der Waals surface area contributed by atoms with Crippen LogP contribution in [0.15, 0.2) is 66.7 Å². The number of hydrogen-bond donors (Lipinski definition) is 0. The Hall–Kier alpha value is -1.93. The quantitative estimate of drug-likeness (QED) is 0.131. The maximum atomic E-state index is 11.7. The van der Waals surface area contributed by atoms with Crippen LogP contribution in [0.4, 0.5) is 0 Å². The molecule has 4 heteroatoms. The van der Waals surface area contributed by atoms with E-state index < -0.39 is 0 Å². The first kappa shape index (κ1) is 48.1. The average Bonchev–Trinajstić information content (AvgIpc) is 3.55. The third-order valence-electron chi connectivity index (χ3n) is 9.27. The smallest absolute Gasteiger partial charge is 0.0232 e. The van der Waals surface area contributed by atoms with E-state index in [1.54, 1.807) is 40.5 Å². The van der Waals surface area contributed by atoms with Crippen molar-refractivity contribution in [3.05, 3.63) is 111 Å². The van der Waals surface area contributed by atoms with Crippen LogP contribution in [-0.2, 0) is 34.2 Å². The molecule has 0 spiro atoms. The molecule has 1 nitrogen and oxygen atoms in total. The van der Waals surface area contributed by atoms with Crippen molar-refractivity contribution in [3.8, 4) is 5.75 Å². The van der Waals surface area contributed by atoms with Crippen LogP contribution in [0.25, 0.3) is 21.5 Å². The standard InChI is InChI=1S/2C16H21.C14H22O.C2H6Si.ClH.Zr/c2*1-10(2)14-7-6-13-8-12(5)9-15(13)16(14)11(3)4;1-13(2,3)10-7-8-12(15)11(9-10)14(4,5)6;1-3-2;;/h2*6-11H,1-5H3;7-9,15H,1-6H3;1-2H3;1H;/q2*-1;;;;+2/p-2. The van der Waals surface area contributed by atoms with Crippen molar-refractivity contribution in [3.63, 3.8) is 0 Å². The summed E-state index contributed by atoms with van der Waals surface area (Å²) in [4.78, 5) is 0. The second-order valence-corrected chi connectivity index (χ2v) is 27.4. The average molecular weight is 817 g/mol. The molecule has 52 heavy (non-hydrogen) atoms. The Kier molecular flexibility index (Phi) is 18.6. The first-order valence-electron chi connectivity index (χ1n) is 19.1. The van der Waals surface area contributed by atoms with E-state index in [4.69, 9.17) is 0 Å². The van der Waals surface area contributed by atoms with Gasteiger partial charge in [0.05, 0.1) is 0 Å². The summed E-state index contributed by atoms with van der Waals surface area (Å²) in [6, 6.07) is 24.1. The molecule has 0 radical (unpaired) electrons. The minimum Gasteiger partial charge on any atom is -1.00 e. The van der Waals surface area contributed by atoms with Crippen LogP contribution in [0.5, 0.6) is 5.75 Å². The molecule has 5 aromatic carbocycles. The molecule has 0 saturated carbocycles. The van der Waals surface area contributed by atoms with Gasteiger partial charge in [0.1, 0.15) is 0 Å². The molecule has 0 amide bonds. The molecule has 284 valence electrons. The fourth-order valence-electron chi connectivity index (χ4n) is 6.82. The van der Waals surface area contributed by atoms with Crippen LogP contribution in [0.2, 0.25) is 13.1 Å². The van der Waals surface area contributed by atoms with Gasteiger partial charge < -0.3 is 17.5 Å². The Morgan fingerprint density at radius 2 is 0.942 bits per heavy atom. The van der Waals surface area contributed by atoms with Crippen molar-refractivity contribution in [2.75, 3.05) is 0 Å². The molecule has 0 aliphatic carbocycles. The fourth-order valence-corrected chi connectivity index (χ4v) is 6.82. The van der Waals surface area contributed by atoms with Gasteiger partial charge in [0.15, 0.2) is 0 Å². The SMILES string of the molecule is CC(C)(C)c1ccc([O-])c(C(C)(C)C)c1.C[Si](C)=[Zr+2].Cc1cc2c(C(C)C)c(C(C)C)ccc2[cH-]1.Cc1cc2c(C(C)C)c(C(C)C)ccc2[cH-]1.[Cl-]. The molecule has 5 rings (SSSR count). The number of halogens is 1. The van der Waals surface area contributed by atoms with E-state index in [-0.39, 0.29) is 34.4 Å². The normalized spacial score (nSPS) is 11.6. The summed E-state index contributed by atoms with van der Waals surface area (Å²) in [6.45, 7) is 40.0. The molecule has 5 aromatic rings. The molecule has 0 saturated heterocycles. The molecule has 0 fully saturated rings. The number of hydrogen-bond acceptors (Lipinski definition) is 1. The zero-order valence-electron chi connectivity index (χ0n) is 35.9. The second-order valence-electron chi connectivity index (χ2n) is 18.0. The van der Waals surface area contributed by atoms with Gasteiger partial charge in [-0.05, 0) is 40.1 Å². The van der Waals surface area contributed by atoms with Crippen LogP contribution in [-0.4, -0.2) is 5.43 Å². The summed E-state index contributed by atoms with van der Waals surface area (Å²) in [7, 11) is 0. The van der Waals surface area contributed by atoms with Crippen molar-refractivity contribution in [1.82, 2.24) is 0 Å². The van der Waals surface area contributed by atoms with Crippen molar-refractivity contribution < 1.29 is 40.8 Å². The third-order valence-corrected chi connectivity index (χ3v) is 9.27. The predicted molar refractivity (Wildman–Crippen MR) is 226 cm³/mol. The topological polar surface area (TPSA) is 23.1 Å². The summed E-state index contributed by atoms with van der Waals surface area (Å²) < 4.78 is 0. The zero-order valence-corrected chi connectivity index (χ0v) is 40.2. The van der Waals surface area contributed by atoms with Gasteiger partial charge in [0, 0.05) is 0 Å². The zero-order chi connectivity index (χ0) is 39.2. The monoisotopic (exact) mass is 814 g/mol. The van der Waals surface area contributed by atoms with E-state index in [0.717, 1.165) is 5.56 Å². The number of rotatable bonds is 4. The Balaban J connectivity index is 0.000000367. The first-order valence-corrected chi connectivity index (χ1v) is 25.3. The summed E-state index contributed by atoms with van der Waals surface area (Å²) in [5.74, 6) is 2.57. The summed E-state index contributed by atoms with van der Waals surface area (Å²) in [5.41, 5.74) is 11.2. The maximum absolute atomic E-state index is 11.7. The molecule has 0 atom stereocenters. The van der Waals surface area contributed by atoms with Gasteiger partial charge in [-0.3, -0.25) is 0 Å². The van der Waals surface area contributed by atoms with E-state index in [1.165, 1.54) is 49.4 Å². The Labute approximate surface area is 340 Å². The molecule has 0 aliphatic heterocycles. The van der Waals surface area contributed by atoms with Crippen molar-refractivity contribution in [1.29, 1.82) is 0 Å². The van der Waals surface area contributed by atoms with Gasteiger partial charge in [-0.15, -0.1) is 74.8 Å². The first-order chi connectivity index (χ1) is 23.4. The Morgan fingerprint density at radius 1 is 0.577 bits per heavy atom. The van der Waals surface area contributed by atoms with Gasteiger partial charge in [0.25, 0.3) is 0 Å². The molecule has 0 unspecified atom stereocenters. The summed E-state index contributed by atoms with van der Waals surface area (Å²) in [5, 5.41) is 17.4. The minimum atomic E-state index is -0.0711. The van der Waals surface area contributed by atoms with Gasteiger partial charge in [-0.1, -0.05) is 157 Å². The van der Waals surface area contributed by atoms with Crippen LogP contribution in [0.3, 0.4) is 0 Å². The van der Waals surface area contributed by atoms with Crippen molar-refractivity contribution in [2.24, 2.45) is 0 Å². The van der Waals surface area contributed by atoms with E-state index in [9.17, 15) is 5.11 Å². The van der Waals surface area contributed by atoms with Crippen molar-refractivity contribution in [2.45, 2.75) is 158 Å². The molecule has 0 aromatic heterocycles. The second kappa shape index (κ2) is 20.1. The molecular formula is C48H69ClOSiZr-2. The van der Waals surface area contributed by atoms with E-state index in [1.807, 2.05) is 6.07 Å². The van der Waals surface area contributed by atoms with Crippen molar-refractivity contribution >= 4 is 27.0 Å². The largest absolute Gasteiger partial charge is 1.00 e. The van der Waals surface area contributed by atoms with E-state index >= 15 is 0 Å². The molecule has 0 N–H and O–H groups in total. The Morgan fingerprint density at radius 3 is 1.23 bits per heavy atom. The van der Waals surface area contributed by atoms with Crippen LogP contribution in [0.1, 0.15) is 165 Å². The van der Waals surface area contributed by atoms with Crippen LogP contribution < -0.4 is 17.5 Å². The predicted octanol–water partition coefficient (Wildman–Crippen LogP) is 11.4. The van der Waals surface area contributed by atoms with Gasteiger partial charge >= 0.3 is 41.9 Å².